The summed E-state index contributed by atoms with van der Waals surface area (Å²) in [5.74, 6) is 0.923. The molecule has 0 aromatic heterocycles. The van der Waals surface area contributed by atoms with Gasteiger partial charge in [-0.1, -0.05) is 32.0 Å². The highest BCUT2D eigenvalue weighted by atomic mass is 16.3. The molecule has 2 atom stereocenters. The van der Waals surface area contributed by atoms with Gasteiger partial charge in [0.15, 0.2) is 0 Å². The molecule has 1 aromatic carbocycles. The molecule has 1 aliphatic heterocycles. The third-order valence-electron chi connectivity index (χ3n) is 5.06. The monoisotopic (exact) mass is 288 g/mol. The van der Waals surface area contributed by atoms with E-state index in [2.05, 4.69) is 25.2 Å². The minimum absolute atomic E-state index is 0.0700. The lowest BCUT2D eigenvalue weighted by Crippen LogP contribution is -2.52. The van der Waals surface area contributed by atoms with Crippen LogP contribution in [0.5, 0.6) is 0 Å². The van der Waals surface area contributed by atoms with E-state index in [1.165, 1.54) is 0 Å². The van der Waals surface area contributed by atoms with E-state index in [1.54, 1.807) is 0 Å². The second kappa shape index (κ2) is 5.34. The molecule has 1 heterocycles. The van der Waals surface area contributed by atoms with Crippen LogP contribution in [0.15, 0.2) is 24.3 Å². The van der Waals surface area contributed by atoms with Crippen molar-refractivity contribution < 1.29 is 9.90 Å². The van der Waals surface area contributed by atoms with Gasteiger partial charge in [0.2, 0.25) is 0 Å². The Balaban J connectivity index is 1.79. The Morgan fingerprint density at radius 2 is 2.24 bits per heavy atom. The van der Waals surface area contributed by atoms with Crippen molar-refractivity contribution in [1.82, 2.24) is 4.90 Å². The zero-order valence-electron chi connectivity index (χ0n) is 12.8. The molecule has 2 bridgehead atoms. The number of nitrogens with one attached hydrogen (secondary N) is 1. The van der Waals surface area contributed by atoms with E-state index >= 15 is 0 Å². The van der Waals surface area contributed by atoms with Crippen molar-refractivity contribution in [3.63, 3.8) is 0 Å². The number of aliphatic hydroxyl groups excluding tert-OH is 1. The molecule has 2 fully saturated rings. The van der Waals surface area contributed by atoms with Crippen LogP contribution in [0.3, 0.4) is 0 Å². The van der Waals surface area contributed by atoms with Gasteiger partial charge in [0.1, 0.15) is 0 Å². The van der Waals surface area contributed by atoms with Gasteiger partial charge in [-0.25, -0.2) is 4.79 Å². The first-order valence-electron chi connectivity index (χ1n) is 7.84. The van der Waals surface area contributed by atoms with Crippen LogP contribution in [0, 0.1) is 5.92 Å². The zero-order valence-corrected chi connectivity index (χ0v) is 12.8. The first-order valence-corrected chi connectivity index (χ1v) is 7.84. The van der Waals surface area contributed by atoms with Crippen LogP contribution in [-0.4, -0.2) is 34.7 Å². The quantitative estimate of drug-likeness (QED) is 0.897. The van der Waals surface area contributed by atoms with Gasteiger partial charge >= 0.3 is 6.03 Å². The van der Waals surface area contributed by atoms with Gasteiger partial charge in [0, 0.05) is 12.2 Å². The number of hydrogen-bond donors (Lipinski definition) is 2. The normalized spacial score (nSPS) is 27.4. The smallest absolute Gasteiger partial charge is 0.322 e. The molecule has 2 unspecified atom stereocenters. The summed E-state index contributed by atoms with van der Waals surface area (Å²) in [5, 5.41) is 12.8. The molecule has 1 aliphatic carbocycles. The maximum atomic E-state index is 12.6. The number of anilines is 1. The number of piperidine rings is 1. The van der Waals surface area contributed by atoms with Crippen LogP contribution in [0.25, 0.3) is 0 Å². The standard InChI is InChI=1S/C17H24N2O2/c1-12(2)14-5-3-4-6-15(14)18-16(21)19-10-13-7-8-17(19,9-13)11-20/h3-6,12-13,20H,7-11H2,1-2H3,(H,18,21). The molecule has 1 saturated carbocycles. The SMILES string of the molecule is CC(C)c1ccccc1NC(=O)N1CC2CCC1(CO)C2. The summed E-state index contributed by atoms with van der Waals surface area (Å²) in [5.41, 5.74) is 1.71. The number of benzene rings is 1. The van der Waals surface area contributed by atoms with E-state index in [1.807, 2.05) is 23.1 Å². The van der Waals surface area contributed by atoms with Gasteiger partial charge in [-0.2, -0.15) is 0 Å². The second-order valence-corrected chi connectivity index (χ2v) is 6.77. The Morgan fingerprint density at radius 1 is 1.48 bits per heavy atom. The van der Waals surface area contributed by atoms with E-state index in [0.717, 1.165) is 37.1 Å². The molecule has 2 aliphatic rings. The lowest BCUT2D eigenvalue weighted by atomic mass is 9.98. The number of nitrogens with zero attached hydrogens (tertiary/aromatic N) is 1. The number of amides is 2. The van der Waals surface area contributed by atoms with Crippen molar-refractivity contribution in [2.45, 2.75) is 44.6 Å². The number of fused-ring (bicyclic) bond motifs is 2. The molecule has 0 spiro atoms. The topological polar surface area (TPSA) is 52.6 Å². The zero-order chi connectivity index (χ0) is 15.0. The van der Waals surface area contributed by atoms with Gasteiger partial charge in [-0.05, 0) is 42.7 Å². The van der Waals surface area contributed by atoms with Gasteiger partial charge in [-0.3, -0.25) is 0 Å². The number of hydrogen-bond acceptors (Lipinski definition) is 2. The number of aliphatic hydroxyl groups is 1. The molecule has 21 heavy (non-hydrogen) atoms. The summed E-state index contributed by atoms with van der Waals surface area (Å²) in [7, 11) is 0. The maximum Gasteiger partial charge on any atom is 0.322 e. The molecule has 3 rings (SSSR count). The van der Waals surface area contributed by atoms with Gasteiger partial charge in [0.25, 0.3) is 0 Å². The van der Waals surface area contributed by atoms with Crippen LogP contribution in [0.4, 0.5) is 10.5 Å². The molecular formula is C17H24N2O2. The summed E-state index contributed by atoms with van der Waals surface area (Å²) in [6.07, 6.45) is 3.00. The Labute approximate surface area is 126 Å². The van der Waals surface area contributed by atoms with Crippen LogP contribution < -0.4 is 5.32 Å². The summed E-state index contributed by atoms with van der Waals surface area (Å²) < 4.78 is 0. The Hall–Kier alpha value is -1.55. The number of rotatable bonds is 3. The van der Waals surface area contributed by atoms with Crippen LogP contribution in [0.2, 0.25) is 0 Å². The number of carbonyl (C=O) groups excluding carboxylic acids is 1. The van der Waals surface area contributed by atoms with Gasteiger partial charge in [-0.15, -0.1) is 0 Å². The Morgan fingerprint density at radius 3 is 2.90 bits per heavy atom. The number of likely N-dealkylation sites (tertiary alicyclic amines) is 1. The van der Waals surface area contributed by atoms with E-state index in [4.69, 9.17) is 0 Å². The van der Waals surface area contributed by atoms with Crippen LogP contribution in [-0.2, 0) is 0 Å². The predicted molar refractivity (Wildman–Crippen MR) is 83.4 cm³/mol. The Kier molecular flexibility index (Phi) is 3.66. The third kappa shape index (κ3) is 2.42. The first-order chi connectivity index (χ1) is 10.1. The minimum Gasteiger partial charge on any atom is -0.394 e. The highest BCUT2D eigenvalue weighted by Gasteiger charge is 2.52. The number of carbonyl (C=O) groups is 1. The fraction of sp³-hybridized carbons (Fsp3) is 0.588. The summed E-state index contributed by atoms with van der Waals surface area (Å²) in [6.45, 7) is 5.09. The first kappa shape index (κ1) is 14.4. The molecule has 0 radical (unpaired) electrons. The minimum atomic E-state index is -0.318. The average Bonchev–Trinajstić information content (AvgIpc) is 3.06. The summed E-state index contributed by atoms with van der Waals surface area (Å²) >= 11 is 0. The molecule has 114 valence electrons. The molecular weight excluding hydrogens is 264 g/mol. The molecule has 4 heteroatoms. The largest absolute Gasteiger partial charge is 0.394 e. The molecule has 4 nitrogen and oxygen atoms in total. The second-order valence-electron chi connectivity index (χ2n) is 6.77. The molecule has 1 saturated heterocycles. The van der Waals surface area contributed by atoms with Crippen molar-refractivity contribution in [2.24, 2.45) is 5.92 Å². The van der Waals surface area contributed by atoms with Crippen molar-refractivity contribution in [1.29, 1.82) is 0 Å². The lowest BCUT2D eigenvalue weighted by Gasteiger charge is -2.37. The van der Waals surface area contributed by atoms with Crippen molar-refractivity contribution in [2.75, 3.05) is 18.5 Å². The van der Waals surface area contributed by atoms with Crippen LogP contribution in [0.1, 0.15) is 44.6 Å². The lowest BCUT2D eigenvalue weighted by molar-refractivity contribution is 0.0820. The van der Waals surface area contributed by atoms with Crippen molar-refractivity contribution in [3.05, 3.63) is 29.8 Å². The number of urea groups is 1. The fourth-order valence-electron chi connectivity index (χ4n) is 3.89. The molecule has 2 N–H and O–H groups in total. The van der Waals surface area contributed by atoms with E-state index in [9.17, 15) is 9.90 Å². The predicted octanol–water partition coefficient (Wildman–Crippen LogP) is 3.19. The van der Waals surface area contributed by atoms with Crippen LogP contribution >= 0.6 is 0 Å². The molecule has 2 amide bonds. The van der Waals surface area contributed by atoms with E-state index in [0.29, 0.717) is 11.8 Å². The third-order valence-corrected chi connectivity index (χ3v) is 5.06. The fourth-order valence-corrected chi connectivity index (χ4v) is 3.89. The highest BCUT2D eigenvalue weighted by Crippen LogP contribution is 2.46. The highest BCUT2D eigenvalue weighted by molar-refractivity contribution is 5.91. The van der Waals surface area contributed by atoms with Gasteiger partial charge < -0.3 is 15.3 Å². The maximum absolute atomic E-state index is 12.6. The average molecular weight is 288 g/mol. The van der Waals surface area contributed by atoms with E-state index in [-0.39, 0.29) is 18.2 Å². The Bertz CT molecular complexity index is 543. The molecule has 1 aromatic rings. The number of para-hydroxylation sites is 1. The summed E-state index contributed by atoms with van der Waals surface area (Å²) in [4.78, 5) is 14.5. The van der Waals surface area contributed by atoms with Gasteiger partial charge in [0.05, 0.1) is 12.1 Å². The summed E-state index contributed by atoms with van der Waals surface area (Å²) in [6, 6.07) is 7.88. The van der Waals surface area contributed by atoms with E-state index < -0.39 is 0 Å². The van der Waals surface area contributed by atoms with Crippen molar-refractivity contribution >= 4 is 11.7 Å². The van der Waals surface area contributed by atoms with Crippen molar-refractivity contribution in [3.8, 4) is 0 Å².